The average Bonchev–Trinajstić information content (AvgIpc) is 2.70. The Labute approximate surface area is 116 Å². The van der Waals surface area contributed by atoms with Crippen LogP contribution in [0.4, 0.5) is 11.4 Å². The molecule has 1 aromatic heterocycles. The molecule has 1 N–H and O–H groups in total. The second-order valence-corrected chi connectivity index (χ2v) is 4.36. The zero-order chi connectivity index (χ0) is 14.7. The molecule has 0 bridgehead atoms. The van der Waals surface area contributed by atoms with Crippen LogP contribution in [0.5, 0.6) is 5.88 Å². The summed E-state index contributed by atoms with van der Waals surface area (Å²) in [5, 5.41) is 18.2. The summed E-state index contributed by atoms with van der Waals surface area (Å²) >= 11 is 0. The highest BCUT2D eigenvalue weighted by molar-refractivity contribution is 5.51. The van der Waals surface area contributed by atoms with Gasteiger partial charge in [-0.2, -0.15) is 5.10 Å². The zero-order valence-corrected chi connectivity index (χ0v) is 11.6. The quantitative estimate of drug-likeness (QED) is 0.669. The van der Waals surface area contributed by atoms with Crippen molar-refractivity contribution in [3.63, 3.8) is 0 Å². The fraction of sp³-hybridized carbons (Fsp3) is 0.308. The van der Waals surface area contributed by atoms with Crippen molar-refractivity contribution in [2.75, 3.05) is 12.4 Å². The van der Waals surface area contributed by atoms with Gasteiger partial charge in [-0.1, -0.05) is 6.07 Å². The van der Waals surface area contributed by atoms with Gasteiger partial charge in [-0.25, -0.2) is 4.68 Å². The molecule has 0 saturated carbocycles. The van der Waals surface area contributed by atoms with Gasteiger partial charge in [0, 0.05) is 31.4 Å². The van der Waals surface area contributed by atoms with Crippen molar-refractivity contribution in [3.8, 4) is 5.88 Å². The van der Waals surface area contributed by atoms with E-state index < -0.39 is 4.92 Å². The Morgan fingerprint density at radius 1 is 1.50 bits per heavy atom. The van der Waals surface area contributed by atoms with Crippen LogP contribution in [-0.4, -0.2) is 21.8 Å². The highest BCUT2D eigenvalue weighted by atomic mass is 16.6. The predicted molar refractivity (Wildman–Crippen MR) is 74.9 cm³/mol. The van der Waals surface area contributed by atoms with Gasteiger partial charge in [0.15, 0.2) is 0 Å². The molecule has 0 aliphatic heterocycles. The van der Waals surface area contributed by atoms with Gasteiger partial charge >= 0.3 is 0 Å². The molecule has 2 rings (SSSR count). The molecule has 0 atom stereocenters. The third-order valence-corrected chi connectivity index (χ3v) is 3.01. The van der Waals surface area contributed by atoms with E-state index in [9.17, 15) is 10.1 Å². The van der Waals surface area contributed by atoms with E-state index in [1.807, 2.05) is 14.0 Å². The van der Waals surface area contributed by atoms with Crippen molar-refractivity contribution in [2.45, 2.75) is 13.5 Å². The Morgan fingerprint density at radius 2 is 2.25 bits per heavy atom. The first kappa shape index (κ1) is 13.9. The third kappa shape index (κ3) is 2.71. The van der Waals surface area contributed by atoms with Gasteiger partial charge < -0.3 is 10.1 Å². The number of non-ortho nitro benzene ring substituents is 1. The molecule has 0 fully saturated rings. The van der Waals surface area contributed by atoms with E-state index in [1.165, 1.54) is 12.1 Å². The summed E-state index contributed by atoms with van der Waals surface area (Å²) in [6.45, 7) is 2.39. The number of aromatic nitrogens is 2. The molecule has 0 amide bonds. The number of nitrogens with one attached hydrogen (secondary N) is 1. The fourth-order valence-corrected chi connectivity index (χ4v) is 2.06. The van der Waals surface area contributed by atoms with Crippen LogP contribution in [0, 0.1) is 17.0 Å². The number of ether oxygens (including phenoxy) is 1. The number of nitro groups is 1. The lowest BCUT2D eigenvalue weighted by atomic mass is 10.2. The monoisotopic (exact) mass is 276 g/mol. The maximum atomic E-state index is 10.7. The normalized spacial score (nSPS) is 10.3. The Balaban J connectivity index is 2.17. The predicted octanol–water partition coefficient (Wildman–Crippen LogP) is 2.26. The Bertz CT molecular complexity index is 637. The topological polar surface area (TPSA) is 82.2 Å². The van der Waals surface area contributed by atoms with Crippen molar-refractivity contribution < 1.29 is 9.66 Å². The average molecular weight is 276 g/mol. The minimum Gasteiger partial charge on any atom is -0.481 e. The Hall–Kier alpha value is -2.57. The van der Waals surface area contributed by atoms with Crippen molar-refractivity contribution >= 4 is 11.4 Å². The number of benzene rings is 1. The van der Waals surface area contributed by atoms with Crippen LogP contribution >= 0.6 is 0 Å². The largest absolute Gasteiger partial charge is 0.481 e. The van der Waals surface area contributed by atoms with Gasteiger partial charge in [0.25, 0.3) is 5.69 Å². The molecular weight excluding hydrogens is 260 g/mol. The molecule has 20 heavy (non-hydrogen) atoms. The first-order valence-electron chi connectivity index (χ1n) is 6.07. The molecule has 106 valence electrons. The molecule has 0 aliphatic rings. The number of methoxy groups -OCH3 is 1. The van der Waals surface area contributed by atoms with Gasteiger partial charge in [-0.05, 0) is 13.0 Å². The number of aryl methyl sites for hydroxylation is 2. The number of hydrogen-bond acceptors (Lipinski definition) is 5. The van der Waals surface area contributed by atoms with Crippen LogP contribution in [0.15, 0.2) is 24.3 Å². The fourth-order valence-electron chi connectivity index (χ4n) is 2.06. The molecule has 0 aliphatic carbocycles. The summed E-state index contributed by atoms with van der Waals surface area (Å²) in [7, 11) is 3.40. The molecule has 1 heterocycles. The van der Waals surface area contributed by atoms with Crippen LogP contribution in [-0.2, 0) is 13.6 Å². The van der Waals surface area contributed by atoms with E-state index in [-0.39, 0.29) is 5.69 Å². The first-order chi connectivity index (χ1) is 9.52. The van der Waals surface area contributed by atoms with E-state index in [2.05, 4.69) is 10.4 Å². The number of anilines is 1. The summed E-state index contributed by atoms with van der Waals surface area (Å²) in [4.78, 5) is 10.3. The van der Waals surface area contributed by atoms with Crippen LogP contribution in [0.3, 0.4) is 0 Å². The first-order valence-corrected chi connectivity index (χ1v) is 6.07. The van der Waals surface area contributed by atoms with Crippen LogP contribution in [0.25, 0.3) is 0 Å². The summed E-state index contributed by atoms with van der Waals surface area (Å²) in [5.74, 6) is 0.681. The summed E-state index contributed by atoms with van der Waals surface area (Å²) < 4.78 is 6.97. The second-order valence-electron chi connectivity index (χ2n) is 4.36. The molecule has 7 nitrogen and oxygen atoms in total. The van der Waals surface area contributed by atoms with E-state index in [0.717, 1.165) is 11.3 Å². The maximum Gasteiger partial charge on any atom is 0.271 e. The van der Waals surface area contributed by atoms with Crippen LogP contribution in [0.2, 0.25) is 0 Å². The van der Waals surface area contributed by atoms with Gasteiger partial charge in [0.2, 0.25) is 5.88 Å². The molecule has 7 heteroatoms. The van der Waals surface area contributed by atoms with Crippen molar-refractivity contribution in [1.29, 1.82) is 0 Å². The highest BCUT2D eigenvalue weighted by Crippen LogP contribution is 2.23. The zero-order valence-electron chi connectivity index (χ0n) is 11.6. The van der Waals surface area contributed by atoms with Crippen molar-refractivity contribution in [2.24, 2.45) is 7.05 Å². The van der Waals surface area contributed by atoms with Crippen LogP contribution < -0.4 is 10.1 Å². The van der Waals surface area contributed by atoms with Gasteiger partial charge in [0.05, 0.1) is 23.3 Å². The summed E-state index contributed by atoms with van der Waals surface area (Å²) in [5.41, 5.74) is 2.54. The Morgan fingerprint density at radius 3 is 2.90 bits per heavy atom. The van der Waals surface area contributed by atoms with Crippen LogP contribution in [0.1, 0.15) is 11.3 Å². The van der Waals surface area contributed by atoms with Gasteiger partial charge in [0.1, 0.15) is 0 Å². The number of nitro benzene ring substituents is 1. The van der Waals surface area contributed by atoms with E-state index >= 15 is 0 Å². The Kier molecular flexibility index (Phi) is 3.88. The number of rotatable bonds is 5. The lowest BCUT2D eigenvalue weighted by Gasteiger charge is -2.08. The number of nitrogens with zero attached hydrogens (tertiary/aromatic N) is 3. The summed E-state index contributed by atoms with van der Waals surface area (Å²) in [6.07, 6.45) is 0. The smallest absolute Gasteiger partial charge is 0.271 e. The number of hydrogen-bond donors (Lipinski definition) is 1. The van der Waals surface area contributed by atoms with E-state index in [0.29, 0.717) is 18.1 Å². The lowest BCUT2D eigenvalue weighted by Crippen LogP contribution is -2.03. The highest BCUT2D eigenvalue weighted by Gasteiger charge is 2.13. The second kappa shape index (κ2) is 5.60. The van der Waals surface area contributed by atoms with Crippen molar-refractivity contribution in [3.05, 3.63) is 45.6 Å². The molecule has 2 aromatic rings. The minimum atomic E-state index is -0.416. The SMILES string of the molecule is COc1c(CNc2cccc([N+](=O)[O-])c2)c(C)nn1C. The van der Waals surface area contributed by atoms with E-state index in [1.54, 1.807) is 23.9 Å². The van der Waals surface area contributed by atoms with E-state index in [4.69, 9.17) is 4.74 Å². The molecule has 0 saturated heterocycles. The molecule has 0 radical (unpaired) electrons. The van der Waals surface area contributed by atoms with Gasteiger partial charge in [-0.15, -0.1) is 0 Å². The molecule has 0 spiro atoms. The molecule has 0 unspecified atom stereocenters. The minimum absolute atomic E-state index is 0.0601. The van der Waals surface area contributed by atoms with Gasteiger partial charge in [-0.3, -0.25) is 10.1 Å². The maximum absolute atomic E-state index is 10.7. The molecular formula is C13H16N4O3. The standard InChI is InChI=1S/C13H16N4O3/c1-9-12(13(20-3)16(2)15-9)8-14-10-5-4-6-11(7-10)17(18)19/h4-7,14H,8H2,1-3H3. The molecule has 1 aromatic carbocycles. The third-order valence-electron chi connectivity index (χ3n) is 3.01. The summed E-state index contributed by atoms with van der Waals surface area (Å²) in [6, 6.07) is 6.39. The van der Waals surface area contributed by atoms with Crippen molar-refractivity contribution in [1.82, 2.24) is 9.78 Å². The lowest BCUT2D eigenvalue weighted by molar-refractivity contribution is -0.384.